The molecule has 0 aliphatic carbocycles. The molecule has 1 aliphatic heterocycles. The lowest BCUT2D eigenvalue weighted by Crippen LogP contribution is -2.24. The third-order valence-corrected chi connectivity index (χ3v) is 11.5. The van der Waals surface area contributed by atoms with Crippen molar-refractivity contribution in [2.75, 3.05) is 16.5 Å². The van der Waals surface area contributed by atoms with E-state index in [1.54, 1.807) is 0 Å². The van der Waals surface area contributed by atoms with Gasteiger partial charge in [-0.15, -0.1) is 0 Å². The summed E-state index contributed by atoms with van der Waals surface area (Å²) in [4.78, 5) is 9.34. The average Bonchev–Trinajstić information content (AvgIpc) is 3.79. The Kier molecular flexibility index (Phi) is 8.98. The van der Waals surface area contributed by atoms with Gasteiger partial charge in [-0.2, -0.15) is 0 Å². The van der Waals surface area contributed by atoms with Crippen molar-refractivity contribution in [2.45, 2.75) is 33.1 Å². The molecule has 60 heavy (non-hydrogen) atoms. The lowest BCUT2D eigenvalue weighted by molar-refractivity contribution is 0.483. The van der Waals surface area contributed by atoms with E-state index in [9.17, 15) is 8.78 Å². The molecule has 1 aliphatic rings. The Labute approximate surface area is 348 Å². The van der Waals surface area contributed by atoms with Crippen molar-refractivity contribution < 1.29 is 13.5 Å². The minimum Gasteiger partial charge on any atom is -0.457 e. The van der Waals surface area contributed by atoms with Gasteiger partial charge in [-0.1, -0.05) is 93.6 Å². The van der Waals surface area contributed by atoms with E-state index in [0.29, 0.717) is 23.7 Å². The molecule has 2 aromatic heterocycles. The van der Waals surface area contributed by atoms with Crippen molar-refractivity contribution >= 4 is 44.6 Å². The van der Waals surface area contributed by atoms with Crippen molar-refractivity contribution in [2.24, 2.45) is 0 Å². The number of aromatic nitrogens is 2. The van der Waals surface area contributed by atoms with Gasteiger partial charge in [0, 0.05) is 46.4 Å². The molecule has 7 aromatic carbocycles. The van der Waals surface area contributed by atoms with Gasteiger partial charge < -0.3 is 14.5 Å². The highest BCUT2D eigenvalue weighted by molar-refractivity contribution is 6.09. The normalized spacial score (nSPS) is 12.7. The highest BCUT2D eigenvalue weighted by atomic mass is 19.1. The summed E-state index contributed by atoms with van der Waals surface area (Å²) < 4.78 is 38.2. The molecule has 9 aromatic rings. The molecule has 7 heteroatoms. The standard InChI is InChI=1S/C53H42F2N4O/c1-34-13-5-6-14-43(34)36-27-40(57-33-58(50-20-12-11-19-49(50)57)47-17-9-7-15-44(47)35-25-38(54)30-39(55)26-35)31-42(28-36)60-41-21-22-46-45-16-8-10-18-48(45)59(51(46)32-41)52-29-37(23-24-56-52)53(2,3)4/h5-32H,33H2,1-4H3. The number of hydrogen-bond donors (Lipinski definition) is 0. The fraction of sp³-hybridized carbons (Fsp3) is 0.113. The monoisotopic (exact) mass is 788 g/mol. The lowest BCUT2D eigenvalue weighted by atomic mass is 9.88. The fourth-order valence-electron chi connectivity index (χ4n) is 8.56. The van der Waals surface area contributed by atoms with Gasteiger partial charge in [0.1, 0.15) is 35.6 Å². The Morgan fingerprint density at radius 2 is 1.20 bits per heavy atom. The molecule has 0 unspecified atom stereocenters. The van der Waals surface area contributed by atoms with Gasteiger partial charge in [0.2, 0.25) is 0 Å². The predicted octanol–water partition coefficient (Wildman–Crippen LogP) is 14.4. The van der Waals surface area contributed by atoms with Crippen molar-refractivity contribution in [1.29, 1.82) is 0 Å². The SMILES string of the molecule is Cc1ccccc1-c1cc(Oc2ccc3c4ccccc4n(-c4cc(C(C)(C)C)ccn4)c3c2)cc(N2CN(c3ccccc3-c3cc(F)cc(F)c3)c3ccccc32)c1. The number of pyridine rings is 1. The third kappa shape index (κ3) is 6.62. The van der Waals surface area contributed by atoms with Crippen LogP contribution >= 0.6 is 0 Å². The zero-order valence-corrected chi connectivity index (χ0v) is 33.8. The molecule has 0 N–H and O–H groups in total. The van der Waals surface area contributed by atoms with E-state index in [2.05, 4.69) is 145 Å². The molecule has 294 valence electrons. The summed E-state index contributed by atoms with van der Waals surface area (Å²) in [6, 6.07) is 53.5. The first kappa shape index (κ1) is 37.0. The van der Waals surface area contributed by atoms with Crippen molar-refractivity contribution in [3.8, 4) is 39.6 Å². The van der Waals surface area contributed by atoms with E-state index >= 15 is 0 Å². The Morgan fingerprint density at radius 1 is 0.550 bits per heavy atom. The number of aryl methyl sites for hydroxylation is 1. The molecule has 0 spiro atoms. The predicted molar refractivity (Wildman–Crippen MR) is 241 cm³/mol. The molecular formula is C53H42F2N4O. The number of ether oxygens (including phenoxy) is 1. The first-order chi connectivity index (χ1) is 29.1. The van der Waals surface area contributed by atoms with Crippen molar-refractivity contribution in [1.82, 2.24) is 9.55 Å². The zero-order chi connectivity index (χ0) is 41.1. The van der Waals surface area contributed by atoms with E-state index in [1.165, 1.54) is 17.7 Å². The lowest BCUT2D eigenvalue weighted by Gasteiger charge is -2.25. The molecule has 0 fully saturated rings. The van der Waals surface area contributed by atoms with Gasteiger partial charge in [0.25, 0.3) is 0 Å². The first-order valence-corrected chi connectivity index (χ1v) is 20.2. The average molecular weight is 789 g/mol. The second-order valence-electron chi connectivity index (χ2n) is 16.5. The number of benzene rings is 7. The highest BCUT2D eigenvalue weighted by Gasteiger charge is 2.30. The smallest absolute Gasteiger partial charge is 0.137 e. The Bertz CT molecular complexity index is 3090. The summed E-state index contributed by atoms with van der Waals surface area (Å²) in [6.45, 7) is 9.23. The maximum absolute atomic E-state index is 14.5. The van der Waals surface area contributed by atoms with Crippen LogP contribution < -0.4 is 14.5 Å². The topological polar surface area (TPSA) is 33.5 Å². The Hall–Kier alpha value is -7.25. The largest absolute Gasteiger partial charge is 0.457 e. The molecule has 0 amide bonds. The Balaban J connectivity index is 1.09. The van der Waals surface area contributed by atoms with Gasteiger partial charge in [-0.25, -0.2) is 13.8 Å². The highest BCUT2D eigenvalue weighted by Crippen LogP contribution is 2.48. The minimum absolute atomic E-state index is 0.0401. The Morgan fingerprint density at radius 3 is 1.97 bits per heavy atom. The van der Waals surface area contributed by atoms with Crippen LogP contribution in [0.15, 0.2) is 170 Å². The molecule has 0 saturated heterocycles. The van der Waals surface area contributed by atoms with Gasteiger partial charge in [-0.05, 0) is 113 Å². The first-order valence-electron chi connectivity index (χ1n) is 20.2. The quantitative estimate of drug-likeness (QED) is 0.161. The second-order valence-corrected chi connectivity index (χ2v) is 16.5. The maximum atomic E-state index is 14.5. The number of nitrogens with zero attached hydrogens (tertiary/aromatic N) is 4. The number of rotatable bonds is 7. The second kappa shape index (κ2) is 14.5. The fourth-order valence-corrected chi connectivity index (χ4v) is 8.56. The summed E-state index contributed by atoms with van der Waals surface area (Å²) in [5.74, 6) is 1.01. The summed E-state index contributed by atoms with van der Waals surface area (Å²) in [5, 5.41) is 2.26. The number of halogens is 2. The summed E-state index contributed by atoms with van der Waals surface area (Å²) in [7, 11) is 0. The molecule has 0 radical (unpaired) electrons. The third-order valence-electron chi connectivity index (χ3n) is 11.5. The number of fused-ring (bicyclic) bond motifs is 4. The summed E-state index contributed by atoms with van der Waals surface area (Å²) >= 11 is 0. The maximum Gasteiger partial charge on any atom is 0.137 e. The van der Waals surface area contributed by atoms with Crippen molar-refractivity contribution in [3.05, 3.63) is 193 Å². The van der Waals surface area contributed by atoms with Gasteiger partial charge in [0.05, 0.1) is 28.1 Å². The molecule has 5 nitrogen and oxygen atoms in total. The minimum atomic E-state index is -0.615. The van der Waals surface area contributed by atoms with E-state index in [0.717, 1.165) is 78.7 Å². The van der Waals surface area contributed by atoms with Crippen LogP contribution in [0, 0.1) is 18.6 Å². The van der Waals surface area contributed by atoms with E-state index in [-0.39, 0.29) is 5.41 Å². The van der Waals surface area contributed by atoms with E-state index in [4.69, 9.17) is 9.72 Å². The van der Waals surface area contributed by atoms with E-state index < -0.39 is 11.6 Å². The zero-order valence-electron chi connectivity index (χ0n) is 33.8. The molecule has 10 rings (SSSR count). The molecule has 0 bridgehead atoms. The van der Waals surface area contributed by atoms with E-state index in [1.807, 2.05) is 48.7 Å². The molecule has 0 atom stereocenters. The van der Waals surface area contributed by atoms with Crippen LogP contribution in [0.25, 0.3) is 49.9 Å². The van der Waals surface area contributed by atoms with Crippen LogP contribution in [0.1, 0.15) is 31.9 Å². The van der Waals surface area contributed by atoms with Crippen LogP contribution in [0.2, 0.25) is 0 Å². The van der Waals surface area contributed by atoms with Crippen LogP contribution in [0.3, 0.4) is 0 Å². The number of anilines is 4. The number of hydrogen-bond acceptors (Lipinski definition) is 4. The van der Waals surface area contributed by atoms with Gasteiger partial charge >= 0.3 is 0 Å². The molecule has 3 heterocycles. The summed E-state index contributed by atoms with van der Waals surface area (Å²) in [5.41, 5.74) is 11.5. The van der Waals surface area contributed by atoms with Crippen molar-refractivity contribution in [3.63, 3.8) is 0 Å². The van der Waals surface area contributed by atoms with Crippen LogP contribution in [0.4, 0.5) is 31.5 Å². The number of para-hydroxylation sites is 4. The molecular weight excluding hydrogens is 747 g/mol. The van der Waals surface area contributed by atoms with Gasteiger partial charge in [0.15, 0.2) is 0 Å². The van der Waals surface area contributed by atoms with Gasteiger partial charge in [-0.3, -0.25) is 4.57 Å². The van der Waals surface area contributed by atoms with Crippen LogP contribution in [-0.2, 0) is 5.41 Å². The van der Waals surface area contributed by atoms with Crippen LogP contribution in [0.5, 0.6) is 11.5 Å². The molecule has 0 saturated carbocycles. The summed E-state index contributed by atoms with van der Waals surface area (Å²) in [6.07, 6.45) is 1.90. The van der Waals surface area contributed by atoms with Crippen LogP contribution in [-0.4, -0.2) is 16.2 Å².